The van der Waals surface area contributed by atoms with Crippen molar-refractivity contribution in [3.63, 3.8) is 0 Å². The highest BCUT2D eigenvalue weighted by Crippen LogP contribution is 2.35. The maximum Gasteiger partial charge on any atom is 0.143 e. The number of aryl methyl sites for hydroxylation is 1. The maximum atomic E-state index is 9.50. The highest BCUT2D eigenvalue weighted by Gasteiger charge is 2.34. The quantitative estimate of drug-likeness (QED) is 0.882. The first kappa shape index (κ1) is 12.4. The van der Waals surface area contributed by atoms with Crippen LogP contribution in [0.3, 0.4) is 0 Å². The van der Waals surface area contributed by atoms with E-state index in [0.29, 0.717) is 0 Å². The van der Waals surface area contributed by atoms with Crippen molar-refractivity contribution in [2.24, 2.45) is 5.41 Å². The zero-order chi connectivity index (χ0) is 13.5. The molecule has 5 heteroatoms. The van der Waals surface area contributed by atoms with E-state index in [1.54, 1.807) is 6.33 Å². The number of aromatic nitrogens is 3. The monoisotopic (exact) mass is 260 g/mol. The minimum Gasteiger partial charge on any atom is -0.396 e. The van der Waals surface area contributed by atoms with E-state index in [-0.39, 0.29) is 12.0 Å². The van der Waals surface area contributed by atoms with Crippen LogP contribution < -0.4 is 4.90 Å². The van der Waals surface area contributed by atoms with Crippen LogP contribution in [0.1, 0.15) is 25.8 Å². The Kier molecular flexibility index (Phi) is 2.93. The molecule has 1 atom stereocenters. The maximum absolute atomic E-state index is 9.50. The molecule has 1 saturated heterocycles. The van der Waals surface area contributed by atoms with Crippen LogP contribution in [0.15, 0.2) is 12.5 Å². The molecule has 0 saturated carbocycles. The summed E-state index contributed by atoms with van der Waals surface area (Å²) in [7, 11) is 0. The van der Waals surface area contributed by atoms with Crippen LogP contribution in [-0.2, 0) is 6.42 Å². The van der Waals surface area contributed by atoms with Gasteiger partial charge in [-0.1, -0.05) is 13.8 Å². The lowest BCUT2D eigenvalue weighted by atomic mass is 9.91. The van der Waals surface area contributed by atoms with Gasteiger partial charge in [-0.05, 0) is 18.4 Å². The zero-order valence-corrected chi connectivity index (χ0v) is 11.5. The number of nitrogens with one attached hydrogen (secondary N) is 1. The molecule has 2 aromatic heterocycles. The number of H-pyrrole nitrogens is 1. The molecular weight excluding hydrogens is 240 g/mol. The standard InChI is InChI=1S/C14H20N4O/c1-3-10-6-15-12-11(10)13(17-9-16-12)18-5-4-14(2,7-18)8-19/h6,9,19H,3-5,7-8H2,1-2H3,(H,15,16,17). The van der Waals surface area contributed by atoms with E-state index in [0.717, 1.165) is 42.8 Å². The van der Waals surface area contributed by atoms with Gasteiger partial charge in [-0.15, -0.1) is 0 Å². The molecule has 2 aromatic rings. The van der Waals surface area contributed by atoms with Crippen molar-refractivity contribution in [1.82, 2.24) is 15.0 Å². The van der Waals surface area contributed by atoms with Gasteiger partial charge in [0.25, 0.3) is 0 Å². The van der Waals surface area contributed by atoms with Crippen LogP contribution in [0.2, 0.25) is 0 Å². The Morgan fingerprint density at radius 3 is 3.00 bits per heavy atom. The van der Waals surface area contributed by atoms with Gasteiger partial charge in [0, 0.05) is 24.7 Å². The third kappa shape index (κ3) is 1.98. The number of anilines is 1. The first-order chi connectivity index (χ1) is 9.17. The molecule has 3 heterocycles. The number of fused-ring (bicyclic) bond motifs is 1. The molecule has 19 heavy (non-hydrogen) atoms. The van der Waals surface area contributed by atoms with Crippen molar-refractivity contribution in [1.29, 1.82) is 0 Å². The predicted molar refractivity (Wildman–Crippen MR) is 75.3 cm³/mol. The Hall–Kier alpha value is -1.62. The number of aliphatic hydroxyl groups is 1. The number of nitrogens with zero attached hydrogens (tertiary/aromatic N) is 3. The molecule has 1 fully saturated rings. The van der Waals surface area contributed by atoms with Gasteiger partial charge in [0.1, 0.15) is 17.8 Å². The van der Waals surface area contributed by atoms with Crippen molar-refractivity contribution in [3.05, 3.63) is 18.1 Å². The summed E-state index contributed by atoms with van der Waals surface area (Å²) in [5.74, 6) is 1.00. The zero-order valence-electron chi connectivity index (χ0n) is 11.5. The first-order valence-corrected chi connectivity index (χ1v) is 6.83. The summed E-state index contributed by atoms with van der Waals surface area (Å²) in [5, 5.41) is 10.6. The van der Waals surface area contributed by atoms with Crippen LogP contribution in [0.25, 0.3) is 11.0 Å². The summed E-state index contributed by atoms with van der Waals surface area (Å²) >= 11 is 0. The highest BCUT2D eigenvalue weighted by molar-refractivity contribution is 5.90. The average Bonchev–Trinajstić information content (AvgIpc) is 3.02. The molecule has 1 aliphatic heterocycles. The molecule has 0 aliphatic carbocycles. The molecule has 0 aromatic carbocycles. The largest absolute Gasteiger partial charge is 0.396 e. The van der Waals surface area contributed by atoms with E-state index in [4.69, 9.17) is 0 Å². The molecule has 0 amide bonds. The third-order valence-corrected chi connectivity index (χ3v) is 4.15. The lowest BCUT2D eigenvalue weighted by Gasteiger charge is -2.23. The Morgan fingerprint density at radius 1 is 1.47 bits per heavy atom. The fourth-order valence-corrected chi connectivity index (χ4v) is 2.86. The second-order valence-corrected chi connectivity index (χ2v) is 5.73. The van der Waals surface area contributed by atoms with E-state index in [1.165, 1.54) is 5.56 Å². The minimum atomic E-state index is -0.0139. The van der Waals surface area contributed by atoms with Crippen molar-refractivity contribution in [2.45, 2.75) is 26.7 Å². The van der Waals surface area contributed by atoms with Crippen LogP contribution >= 0.6 is 0 Å². The van der Waals surface area contributed by atoms with Gasteiger partial charge in [-0.2, -0.15) is 0 Å². The summed E-state index contributed by atoms with van der Waals surface area (Å²) < 4.78 is 0. The smallest absolute Gasteiger partial charge is 0.143 e. The summed E-state index contributed by atoms with van der Waals surface area (Å²) in [5.41, 5.74) is 2.14. The van der Waals surface area contributed by atoms with Gasteiger partial charge >= 0.3 is 0 Å². The van der Waals surface area contributed by atoms with Gasteiger partial charge in [0.15, 0.2) is 0 Å². The van der Waals surface area contributed by atoms with Crippen molar-refractivity contribution >= 4 is 16.9 Å². The SMILES string of the molecule is CCc1c[nH]c2ncnc(N3CCC(C)(CO)C3)c12. The van der Waals surface area contributed by atoms with Gasteiger partial charge < -0.3 is 15.0 Å². The molecule has 2 N–H and O–H groups in total. The highest BCUT2D eigenvalue weighted by atomic mass is 16.3. The Morgan fingerprint density at radius 2 is 2.32 bits per heavy atom. The first-order valence-electron chi connectivity index (χ1n) is 6.83. The Balaban J connectivity index is 2.04. The molecule has 102 valence electrons. The Labute approximate surface area is 112 Å². The fraction of sp³-hybridized carbons (Fsp3) is 0.571. The van der Waals surface area contributed by atoms with Gasteiger partial charge in [-0.25, -0.2) is 9.97 Å². The summed E-state index contributed by atoms with van der Waals surface area (Å²) in [6, 6.07) is 0. The fourth-order valence-electron chi connectivity index (χ4n) is 2.86. The molecule has 5 nitrogen and oxygen atoms in total. The molecule has 0 spiro atoms. The molecule has 0 bridgehead atoms. The number of aliphatic hydroxyl groups excluding tert-OH is 1. The molecular formula is C14H20N4O. The van der Waals surface area contributed by atoms with Crippen LogP contribution in [-0.4, -0.2) is 39.8 Å². The lowest BCUT2D eigenvalue weighted by Crippen LogP contribution is -2.28. The predicted octanol–water partition coefficient (Wildman–Crippen LogP) is 1.73. The third-order valence-electron chi connectivity index (χ3n) is 4.15. The molecule has 0 radical (unpaired) electrons. The molecule has 3 rings (SSSR count). The van der Waals surface area contributed by atoms with Crippen LogP contribution in [0.4, 0.5) is 5.82 Å². The summed E-state index contributed by atoms with van der Waals surface area (Å²) in [6.45, 7) is 6.29. The van der Waals surface area contributed by atoms with Gasteiger partial charge in [0.05, 0.1) is 12.0 Å². The van der Waals surface area contributed by atoms with Crippen molar-refractivity contribution in [3.8, 4) is 0 Å². The second kappa shape index (κ2) is 4.49. The van der Waals surface area contributed by atoms with E-state index in [9.17, 15) is 5.11 Å². The molecule has 1 aliphatic rings. The normalized spacial score (nSPS) is 23.4. The summed E-state index contributed by atoms with van der Waals surface area (Å²) in [4.78, 5) is 14.3. The van der Waals surface area contributed by atoms with E-state index >= 15 is 0 Å². The number of rotatable bonds is 3. The molecule has 1 unspecified atom stereocenters. The van der Waals surface area contributed by atoms with E-state index < -0.39 is 0 Å². The van der Waals surface area contributed by atoms with Crippen molar-refractivity contribution < 1.29 is 5.11 Å². The number of hydrogen-bond acceptors (Lipinski definition) is 4. The lowest BCUT2D eigenvalue weighted by molar-refractivity contribution is 0.162. The number of hydrogen-bond donors (Lipinski definition) is 2. The van der Waals surface area contributed by atoms with Crippen LogP contribution in [0, 0.1) is 5.41 Å². The van der Waals surface area contributed by atoms with Crippen molar-refractivity contribution in [2.75, 3.05) is 24.6 Å². The minimum absolute atomic E-state index is 0.0139. The Bertz CT molecular complexity index is 594. The van der Waals surface area contributed by atoms with Gasteiger partial charge in [-0.3, -0.25) is 0 Å². The van der Waals surface area contributed by atoms with E-state index in [1.807, 2.05) is 6.20 Å². The second-order valence-electron chi connectivity index (χ2n) is 5.73. The topological polar surface area (TPSA) is 65.0 Å². The van der Waals surface area contributed by atoms with E-state index in [2.05, 4.69) is 33.7 Å². The van der Waals surface area contributed by atoms with Crippen LogP contribution in [0.5, 0.6) is 0 Å². The van der Waals surface area contributed by atoms with Gasteiger partial charge in [0.2, 0.25) is 0 Å². The average molecular weight is 260 g/mol. The summed E-state index contributed by atoms with van der Waals surface area (Å²) in [6.07, 6.45) is 5.60. The number of aromatic amines is 1.